The summed E-state index contributed by atoms with van der Waals surface area (Å²) in [4.78, 5) is 29.4. The standard InChI is InChI=1S/C24H23ClN4O4S/c1-3-18(15-7-5-6-8-16(15)25)33-19-12-20(34-22(19)23(26)30)17-13-27-21-11-14(9-10-29(17)21)28-24(31)32-4-2/h5-13,18H,3-4H2,1-2H3,(H2,26,30)(H,28,31). The van der Waals surface area contributed by atoms with Crippen LogP contribution in [-0.4, -0.2) is 28.0 Å². The third-order valence-corrected chi connectivity index (χ3v) is 6.60. The highest BCUT2D eigenvalue weighted by Crippen LogP contribution is 2.39. The fraction of sp³-hybridized carbons (Fsp3) is 0.208. The Morgan fingerprint density at radius 2 is 2.03 bits per heavy atom. The van der Waals surface area contributed by atoms with Crippen LogP contribution in [0.15, 0.2) is 54.9 Å². The zero-order valence-electron chi connectivity index (χ0n) is 18.6. The van der Waals surface area contributed by atoms with Gasteiger partial charge >= 0.3 is 6.09 Å². The van der Waals surface area contributed by atoms with Crippen LogP contribution in [0.3, 0.4) is 0 Å². The van der Waals surface area contributed by atoms with Gasteiger partial charge in [-0.2, -0.15) is 0 Å². The number of fused-ring (bicyclic) bond motifs is 1. The Labute approximate surface area is 205 Å². The van der Waals surface area contributed by atoms with Crippen LogP contribution in [0.5, 0.6) is 5.75 Å². The van der Waals surface area contributed by atoms with E-state index in [1.54, 1.807) is 43.6 Å². The quantitative estimate of drug-likeness (QED) is 0.314. The molecule has 0 radical (unpaired) electrons. The molecule has 3 N–H and O–H groups in total. The normalized spacial score (nSPS) is 11.9. The summed E-state index contributed by atoms with van der Waals surface area (Å²) in [6.07, 6.45) is 3.25. The summed E-state index contributed by atoms with van der Waals surface area (Å²) in [6.45, 7) is 4.00. The van der Waals surface area contributed by atoms with Crippen molar-refractivity contribution >= 4 is 46.3 Å². The number of benzene rings is 1. The van der Waals surface area contributed by atoms with Crippen molar-refractivity contribution in [3.05, 3.63) is 70.3 Å². The monoisotopic (exact) mass is 498 g/mol. The highest BCUT2D eigenvalue weighted by atomic mass is 35.5. The van der Waals surface area contributed by atoms with E-state index in [1.165, 1.54) is 11.3 Å². The molecule has 176 valence electrons. The summed E-state index contributed by atoms with van der Waals surface area (Å²) in [5.74, 6) is -0.176. The molecule has 0 bridgehead atoms. The third-order valence-electron chi connectivity index (χ3n) is 5.10. The van der Waals surface area contributed by atoms with E-state index in [0.717, 1.165) is 16.1 Å². The summed E-state index contributed by atoms with van der Waals surface area (Å²) >= 11 is 7.60. The van der Waals surface area contributed by atoms with Crippen LogP contribution in [0.25, 0.3) is 16.2 Å². The van der Waals surface area contributed by atoms with E-state index >= 15 is 0 Å². The van der Waals surface area contributed by atoms with E-state index < -0.39 is 12.0 Å². The number of primary amides is 1. The number of nitrogens with one attached hydrogen (secondary N) is 1. The molecule has 8 nitrogen and oxygen atoms in total. The van der Waals surface area contributed by atoms with Gasteiger partial charge in [-0.1, -0.05) is 36.7 Å². The lowest BCUT2D eigenvalue weighted by Crippen LogP contribution is -2.13. The number of rotatable bonds is 8. The van der Waals surface area contributed by atoms with Gasteiger partial charge in [0.05, 0.1) is 23.4 Å². The Morgan fingerprint density at radius 3 is 2.74 bits per heavy atom. The summed E-state index contributed by atoms with van der Waals surface area (Å²) in [5, 5.41) is 3.25. The number of ether oxygens (including phenoxy) is 2. The van der Waals surface area contributed by atoms with Crippen molar-refractivity contribution in [1.29, 1.82) is 0 Å². The lowest BCUT2D eigenvalue weighted by Gasteiger charge is -2.19. The van der Waals surface area contributed by atoms with E-state index in [0.29, 0.717) is 33.4 Å². The lowest BCUT2D eigenvalue weighted by molar-refractivity contribution is 0.0997. The van der Waals surface area contributed by atoms with Gasteiger partial charge in [-0.3, -0.25) is 14.5 Å². The summed E-state index contributed by atoms with van der Waals surface area (Å²) in [6, 6.07) is 12.7. The Kier molecular flexibility index (Phi) is 7.04. The highest BCUT2D eigenvalue weighted by Gasteiger charge is 2.22. The number of pyridine rings is 1. The van der Waals surface area contributed by atoms with Gasteiger partial charge in [0, 0.05) is 34.6 Å². The highest BCUT2D eigenvalue weighted by molar-refractivity contribution is 7.17. The van der Waals surface area contributed by atoms with Crippen LogP contribution in [0, 0.1) is 0 Å². The van der Waals surface area contributed by atoms with E-state index in [-0.39, 0.29) is 12.7 Å². The second-order valence-corrected chi connectivity index (χ2v) is 8.80. The van der Waals surface area contributed by atoms with Crippen LogP contribution >= 0.6 is 22.9 Å². The molecule has 4 aromatic rings. The van der Waals surface area contributed by atoms with Crippen molar-refractivity contribution in [2.45, 2.75) is 26.4 Å². The number of nitrogens with two attached hydrogens (primary N) is 1. The average molecular weight is 499 g/mol. The minimum Gasteiger partial charge on any atom is -0.484 e. The number of anilines is 1. The molecule has 34 heavy (non-hydrogen) atoms. The number of carbonyl (C=O) groups is 2. The van der Waals surface area contributed by atoms with Gasteiger partial charge in [0.1, 0.15) is 22.4 Å². The Hall–Kier alpha value is -3.56. The first-order valence-electron chi connectivity index (χ1n) is 10.7. The number of aromatic nitrogens is 2. The van der Waals surface area contributed by atoms with Crippen LogP contribution in [0.4, 0.5) is 10.5 Å². The molecular formula is C24H23ClN4O4S. The third kappa shape index (κ3) is 4.85. The van der Waals surface area contributed by atoms with Crippen molar-refractivity contribution in [2.24, 2.45) is 5.73 Å². The van der Waals surface area contributed by atoms with Gasteiger partial charge in [-0.25, -0.2) is 9.78 Å². The largest absolute Gasteiger partial charge is 0.484 e. The minimum absolute atomic E-state index is 0.280. The molecule has 0 aliphatic heterocycles. The molecule has 0 saturated heterocycles. The van der Waals surface area contributed by atoms with Gasteiger partial charge in [0.25, 0.3) is 5.91 Å². The maximum Gasteiger partial charge on any atom is 0.411 e. The Balaban J connectivity index is 1.66. The topological polar surface area (TPSA) is 108 Å². The number of thiophene rings is 1. The predicted octanol–water partition coefficient (Wildman–Crippen LogP) is 5.91. The molecule has 3 heterocycles. The summed E-state index contributed by atoms with van der Waals surface area (Å²) in [5.41, 5.74) is 8.43. The van der Waals surface area contributed by atoms with Crippen molar-refractivity contribution in [2.75, 3.05) is 11.9 Å². The number of halogens is 1. The second kappa shape index (κ2) is 10.1. The van der Waals surface area contributed by atoms with Gasteiger partial charge < -0.3 is 15.2 Å². The van der Waals surface area contributed by atoms with Crippen LogP contribution in [0.2, 0.25) is 5.02 Å². The molecule has 0 aliphatic carbocycles. The predicted molar refractivity (Wildman–Crippen MR) is 133 cm³/mol. The van der Waals surface area contributed by atoms with Crippen LogP contribution in [-0.2, 0) is 4.74 Å². The molecule has 3 aromatic heterocycles. The maximum absolute atomic E-state index is 12.2. The maximum atomic E-state index is 12.2. The van der Waals surface area contributed by atoms with Gasteiger partial charge in [-0.05, 0) is 25.5 Å². The number of carbonyl (C=O) groups excluding carboxylic acids is 2. The number of hydrogen-bond donors (Lipinski definition) is 2. The molecule has 1 aromatic carbocycles. The van der Waals surface area contributed by atoms with Crippen molar-refractivity contribution < 1.29 is 19.1 Å². The first-order valence-corrected chi connectivity index (χ1v) is 11.9. The first-order chi connectivity index (χ1) is 16.4. The van der Waals surface area contributed by atoms with Crippen molar-refractivity contribution in [3.8, 4) is 16.3 Å². The molecule has 0 spiro atoms. The van der Waals surface area contributed by atoms with Crippen molar-refractivity contribution in [3.63, 3.8) is 0 Å². The van der Waals surface area contributed by atoms with E-state index in [1.807, 2.05) is 29.5 Å². The van der Waals surface area contributed by atoms with E-state index in [4.69, 9.17) is 26.8 Å². The van der Waals surface area contributed by atoms with Crippen molar-refractivity contribution in [1.82, 2.24) is 9.38 Å². The number of amides is 2. The number of nitrogens with zero attached hydrogens (tertiary/aromatic N) is 2. The molecule has 4 rings (SSSR count). The molecule has 0 saturated carbocycles. The number of imidazole rings is 1. The molecule has 10 heteroatoms. The lowest BCUT2D eigenvalue weighted by atomic mass is 10.1. The van der Waals surface area contributed by atoms with Gasteiger partial charge in [0.15, 0.2) is 0 Å². The summed E-state index contributed by atoms with van der Waals surface area (Å²) in [7, 11) is 0. The van der Waals surface area contributed by atoms with E-state index in [9.17, 15) is 9.59 Å². The molecular weight excluding hydrogens is 476 g/mol. The van der Waals surface area contributed by atoms with Gasteiger partial charge in [0.2, 0.25) is 0 Å². The molecule has 1 unspecified atom stereocenters. The molecule has 2 amide bonds. The average Bonchev–Trinajstić information content (AvgIpc) is 3.42. The molecule has 0 fully saturated rings. The Bertz CT molecular complexity index is 1350. The minimum atomic E-state index is -0.574. The van der Waals surface area contributed by atoms with Crippen LogP contribution in [0.1, 0.15) is 41.6 Å². The molecule has 0 aliphatic rings. The Morgan fingerprint density at radius 1 is 1.24 bits per heavy atom. The smallest absolute Gasteiger partial charge is 0.411 e. The van der Waals surface area contributed by atoms with E-state index in [2.05, 4.69) is 10.3 Å². The fourth-order valence-corrected chi connectivity index (χ4v) is 4.75. The molecule has 1 atom stereocenters. The number of hydrogen-bond acceptors (Lipinski definition) is 6. The zero-order chi connectivity index (χ0) is 24.2. The first kappa shape index (κ1) is 23.6. The van der Waals surface area contributed by atoms with Crippen LogP contribution < -0.4 is 15.8 Å². The second-order valence-electron chi connectivity index (χ2n) is 7.34. The zero-order valence-corrected chi connectivity index (χ0v) is 20.2. The SMILES string of the molecule is CCOC(=O)Nc1ccn2c(-c3cc(OC(CC)c4ccccc4Cl)c(C(N)=O)s3)cnc2c1. The van der Waals surface area contributed by atoms with Gasteiger partial charge in [-0.15, -0.1) is 11.3 Å². The summed E-state index contributed by atoms with van der Waals surface area (Å²) < 4.78 is 13.0. The fourth-order valence-electron chi connectivity index (χ4n) is 3.54.